The number of alkyl halides is 1. The van der Waals surface area contributed by atoms with Gasteiger partial charge in [-0.1, -0.05) is 55.8 Å². The Kier molecular flexibility index (Phi) is 9.19. The monoisotopic (exact) mass is 507 g/mol. The second kappa shape index (κ2) is 11.9. The van der Waals surface area contributed by atoms with E-state index in [2.05, 4.69) is 24.2 Å². The van der Waals surface area contributed by atoms with Gasteiger partial charge in [-0.2, -0.15) is 0 Å². The van der Waals surface area contributed by atoms with Crippen LogP contribution in [0.5, 0.6) is 11.5 Å². The minimum absolute atomic E-state index is 0.0902. The van der Waals surface area contributed by atoms with Gasteiger partial charge in [0.15, 0.2) is 0 Å². The van der Waals surface area contributed by atoms with Crippen LogP contribution in [-0.4, -0.2) is 50.4 Å². The first-order chi connectivity index (χ1) is 16.2. The van der Waals surface area contributed by atoms with Crippen LogP contribution >= 0.6 is 23.2 Å². The van der Waals surface area contributed by atoms with Gasteiger partial charge in [0.05, 0.1) is 36.7 Å². The van der Waals surface area contributed by atoms with Crippen molar-refractivity contribution < 1.29 is 19.7 Å². The van der Waals surface area contributed by atoms with Gasteiger partial charge in [0.1, 0.15) is 24.2 Å². The van der Waals surface area contributed by atoms with E-state index in [0.29, 0.717) is 34.7 Å². The maximum absolute atomic E-state index is 10.2. The Hall–Kier alpha value is -2.32. The number of aliphatic hydroxyl groups excluding tert-OH is 2. The van der Waals surface area contributed by atoms with E-state index in [4.69, 9.17) is 32.7 Å². The quantitative estimate of drug-likeness (QED) is 0.352. The van der Waals surface area contributed by atoms with Crippen molar-refractivity contribution in [1.82, 2.24) is 15.0 Å². The van der Waals surface area contributed by atoms with E-state index < -0.39 is 6.10 Å². The first kappa shape index (κ1) is 26.3. The first-order valence-corrected chi connectivity index (χ1v) is 12.0. The molecule has 0 aliphatic heterocycles. The Labute approximate surface area is 210 Å². The third-order valence-corrected chi connectivity index (χ3v) is 6.52. The molecule has 7 nitrogen and oxygen atoms in total. The molecule has 9 heteroatoms. The molecular formula is C25H31Cl2N3O4. The van der Waals surface area contributed by atoms with Crippen LogP contribution in [0.25, 0.3) is 0 Å². The molecule has 3 rings (SSSR count). The smallest absolute Gasteiger partial charge is 0.137 e. The molecule has 0 unspecified atom stereocenters. The fraction of sp³-hybridized carbons (Fsp3) is 0.440. The highest BCUT2D eigenvalue weighted by Crippen LogP contribution is 2.36. The average molecular weight is 508 g/mol. The number of benzene rings is 2. The highest BCUT2D eigenvalue weighted by Gasteiger charge is 2.24. The molecular weight excluding hydrogens is 477 g/mol. The second-order valence-electron chi connectivity index (χ2n) is 8.90. The summed E-state index contributed by atoms with van der Waals surface area (Å²) in [6, 6.07) is 13.6. The van der Waals surface area contributed by atoms with Gasteiger partial charge >= 0.3 is 0 Å². The third kappa shape index (κ3) is 6.63. The number of halogens is 2. The lowest BCUT2D eigenvalue weighted by atomic mass is 9.78. The second-order valence-corrected chi connectivity index (χ2v) is 9.61. The fourth-order valence-corrected chi connectivity index (χ4v) is 3.74. The number of ether oxygens (including phenoxy) is 2. The Bertz CT molecular complexity index is 1060. The largest absolute Gasteiger partial charge is 0.492 e. The molecule has 0 saturated carbocycles. The SMILES string of the molecule is C[C@@H](CCl)COc1ccc(C(C)(C)c2ccc(OC[C@H](O)Cn3nncc3CO)cc2)cc1Cl. The third-order valence-electron chi connectivity index (χ3n) is 5.70. The molecule has 2 N–H and O–H groups in total. The molecule has 0 radical (unpaired) electrons. The van der Waals surface area contributed by atoms with Crippen LogP contribution in [0.15, 0.2) is 48.7 Å². The van der Waals surface area contributed by atoms with Crippen LogP contribution in [0.3, 0.4) is 0 Å². The van der Waals surface area contributed by atoms with Gasteiger partial charge in [0.25, 0.3) is 0 Å². The van der Waals surface area contributed by atoms with Crippen LogP contribution in [0.1, 0.15) is 37.6 Å². The predicted octanol–water partition coefficient (Wildman–Crippen LogP) is 4.44. The molecule has 184 valence electrons. The van der Waals surface area contributed by atoms with Crippen molar-refractivity contribution in [2.75, 3.05) is 19.1 Å². The van der Waals surface area contributed by atoms with Crippen molar-refractivity contribution in [3.63, 3.8) is 0 Å². The van der Waals surface area contributed by atoms with Crippen LogP contribution in [0.4, 0.5) is 0 Å². The van der Waals surface area contributed by atoms with Crippen molar-refractivity contribution in [2.45, 2.75) is 45.4 Å². The fourth-order valence-electron chi connectivity index (χ4n) is 3.42. The van der Waals surface area contributed by atoms with Crippen LogP contribution in [0.2, 0.25) is 5.02 Å². The Morgan fingerprint density at radius 3 is 2.41 bits per heavy atom. The maximum Gasteiger partial charge on any atom is 0.137 e. The van der Waals surface area contributed by atoms with Gasteiger partial charge in [0.2, 0.25) is 0 Å². The van der Waals surface area contributed by atoms with Crippen LogP contribution < -0.4 is 9.47 Å². The Morgan fingerprint density at radius 1 is 1.06 bits per heavy atom. The molecule has 3 aromatic rings. The number of aromatic nitrogens is 3. The van der Waals surface area contributed by atoms with Gasteiger partial charge in [-0.3, -0.25) is 0 Å². The van der Waals surface area contributed by atoms with E-state index in [1.165, 1.54) is 10.9 Å². The van der Waals surface area contributed by atoms with Gasteiger partial charge in [-0.25, -0.2) is 4.68 Å². The first-order valence-electron chi connectivity index (χ1n) is 11.1. The minimum Gasteiger partial charge on any atom is -0.492 e. The zero-order valence-electron chi connectivity index (χ0n) is 19.6. The molecule has 0 amide bonds. The van der Waals surface area contributed by atoms with Crippen molar-refractivity contribution in [3.05, 3.63) is 70.5 Å². The van der Waals surface area contributed by atoms with Crippen molar-refractivity contribution in [2.24, 2.45) is 5.92 Å². The summed E-state index contributed by atoms with van der Waals surface area (Å²) in [6.07, 6.45) is 0.669. The Balaban J connectivity index is 1.61. The standard InChI is InChI=1S/C25H31Cl2N3O4/c1-17(11-26)15-34-24-9-6-19(10-23(24)27)25(2,3)18-4-7-22(8-5-18)33-16-21(32)13-30-20(14-31)12-28-29-30/h4-10,12,17,21,31-32H,11,13-16H2,1-3H3/t17-,21+/m0/s1. The Morgan fingerprint density at radius 2 is 1.76 bits per heavy atom. The molecule has 0 saturated heterocycles. The van der Waals surface area contributed by atoms with Crippen molar-refractivity contribution in [1.29, 1.82) is 0 Å². The number of rotatable bonds is 12. The topological polar surface area (TPSA) is 89.6 Å². The van der Waals surface area contributed by atoms with E-state index >= 15 is 0 Å². The summed E-state index contributed by atoms with van der Waals surface area (Å²) >= 11 is 12.3. The summed E-state index contributed by atoms with van der Waals surface area (Å²) in [7, 11) is 0. The molecule has 2 atom stereocenters. The van der Waals surface area contributed by atoms with Gasteiger partial charge in [-0.05, 0) is 35.4 Å². The van der Waals surface area contributed by atoms with Crippen LogP contribution in [-0.2, 0) is 18.6 Å². The van der Waals surface area contributed by atoms with Crippen LogP contribution in [0, 0.1) is 5.92 Å². The number of nitrogens with zero attached hydrogens (tertiary/aromatic N) is 3. The predicted molar refractivity (Wildman–Crippen MR) is 133 cm³/mol. The molecule has 0 fully saturated rings. The summed E-state index contributed by atoms with van der Waals surface area (Å²) in [4.78, 5) is 0. The summed E-state index contributed by atoms with van der Waals surface area (Å²) < 4.78 is 13.0. The van der Waals surface area contributed by atoms with Crippen molar-refractivity contribution in [3.8, 4) is 11.5 Å². The number of hydrogen-bond acceptors (Lipinski definition) is 6. The van der Waals surface area contributed by atoms with Gasteiger partial charge in [-0.15, -0.1) is 16.7 Å². The minimum atomic E-state index is -0.793. The maximum atomic E-state index is 10.2. The van der Waals surface area contributed by atoms with Crippen molar-refractivity contribution >= 4 is 23.2 Å². The summed E-state index contributed by atoms with van der Waals surface area (Å²) in [5.74, 6) is 2.08. The van der Waals surface area contributed by atoms with E-state index in [9.17, 15) is 10.2 Å². The normalized spacial score (nSPS) is 13.5. The molecule has 1 aromatic heterocycles. The lowest BCUT2D eigenvalue weighted by Crippen LogP contribution is -2.25. The van der Waals surface area contributed by atoms with E-state index in [-0.39, 0.29) is 31.1 Å². The van der Waals surface area contributed by atoms with E-state index in [1.54, 1.807) is 0 Å². The molecule has 1 heterocycles. The number of aliphatic hydroxyl groups is 2. The summed E-state index contributed by atoms with van der Waals surface area (Å²) in [5.41, 5.74) is 2.40. The van der Waals surface area contributed by atoms with Gasteiger partial charge in [0, 0.05) is 17.2 Å². The molecule has 0 bridgehead atoms. The molecule has 0 aliphatic rings. The summed E-state index contributed by atoms with van der Waals surface area (Å²) in [6.45, 7) is 6.89. The lowest BCUT2D eigenvalue weighted by molar-refractivity contribution is 0.0866. The zero-order valence-corrected chi connectivity index (χ0v) is 21.1. The van der Waals surface area contributed by atoms with E-state index in [1.807, 2.05) is 49.4 Å². The number of hydrogen-bond donors (Lipinski definition) is 2. The lowest BCUT2D eigenvalue weighted by Gasteiger charge is -2.27. The van der Waals surface area contributed by atoms with Gasteiger partial charge < -0.3 is 19.7 Å². The highest BCUT2D eigenvalue weighted by molar-refractivity contribution is 6.32. The molecule has 0 aliphatic carbocycles. The average Bonchev–Trinajstić information content (AvgIpc) is 3.28. The highest BCUT2D eigenvalue weighted by atomic mass is 35.5. The molecule has 0 spiro atoms. The molecule has 34 heavy (non-hydrogen) atoms. The molecule has 2 aromatic carbocycles. The van der Waals surface area contributed by atoms with E-state index in [0.717, 1.165) is 11.1 Å². The summed E-state index contributed by atoms with van der Waals surface area (Å²) in [5, 5.41) is 27.6. The zero-order chi connectivity index (χ0) is 24.7.